The fourth-order valence-electron chi connectivity index (χ4n) is 2.20. The standard InChI is InChI=1S/C15H23N3O2/c1-16-15(18-11-14-7-4-8-20-14)17-10-12-5-3-6-13(9-12)19-2/h3,5-6,9,14H,4,7-8,10-11H2,1-2H3,(H2,16,17,18). The lowest BCUT2D eigenvalue weighted by Gasteiger charge is -2.15. The van der Waals surface area contributed by atoms with Crippen LogP contribution >= 0.6 is 0 Å². The minimum Gasteiger partial charge on any atom is -0.497 e. The number of ether oxygens (including phenoxy) is 2. The van der Waals surface area contributed by atoms with E-state index in [2.05, 4.69) is 21.7 Å². The molecule has 1 unspecified atom stereocenters. The molecule has 0 amide bonds. The highest BCUT2D eigenvalue weighted by Gasteiger charge is 2.15. The third kappa shape index (κ3) is 4.42. The normalized spacial score (nSPS) is 18.9. The van der Waals surface area contributed by atoms with Gasteiger partial charge in [-0.05, 0) is 30.5 Å². The number of aliphatic imine (C=N–C) groups is 1. The molecule has 2 N–H and O–H groups in total. The zero-order chi connectivity index (χ0) is 14.2. The van der Waals surface area contributed by atoms with Gasteiger partial charge < -0.3 is 20.1 Å². The molecule has 1 atom stereocenters. The van der Waals surface area contributed by atoms with Crippen molar-refractivity contribution in [2.45, 2.75) is 25.5 Å². The highest BCUT2D eigenvalue weighted by Crippen LogP contribution is 2.12. The Bertz CT molecular complexity index is 442. The van der Waals surface area contributed by atoms with Gasteiger partial charge in [0.15, 0.2) is 5.96 Å². The van der Waals surface area contributed by atoms with Gasteiger partial charge in [0.1, 0.15) is 5.75 Å². The summed E-state index contributed by atoms with van der Waals surface area (Å²) in [6, 6.07) is 8.00. The number of hydrogen-bond acceptors (Lipinski definition) is 3. The summed E-state index contributed by atoms with van der Waals surface area (Å²) >= 11 is 0. The quantitative estimate of drug-likeness (QED) is 0.633. The summed E-state index contributed by atoms with van der Waals surface area (Å²) in [6.45, 7) is 2.39. The molecule has 5 nitrogen and oxygen atoms in total. The number of methoxy groups -OCH3 is 1. The molecule has 0 aliphatic carbocycles. The van der Waals surface area contributed by atoms with Crippen LogP contribution in [0, 0.1) is 0 Å². The molecule has 0 aromatic heterocycles. The summed E-state index contributed by atoms with van der Waals surface area (Å²) < 4.78 is 10.8. The summed E-state index contributed by atoms with van der Waals surface area (Å²) in [5.41, 5.74) is 1.16. The molecular formula is C15H23N3O2. The maximum atomic E-state index is 5.58. The van der Waals surface area contributed by atoms with Crippen molar-refractivity contribution >= 4 is 5.96 Å². The van der Waals surface area contributed by atoms with E-state index in [0.29, 0.717) is 12.6 Å². The zero-order valence-corrected chi connectivity index (χ0v) is 12.2. The topological polar surface area (TPSA) is 54.9 Å². The molecule has 0 saturated carbocycles. The van der Waals surface area contributed by atoms with Crippen LogP contribution in [0.25, 0.3) is 0 Å². The SMILES string of the molecule is CN=C(NCc1cccc(OC)c1)NCC1CCCO1. The summed E-state index contributed by atoms with van der Waals surface area (Å²) in [5.74, 6) is 1.66. The third-order valence-corrected chi connectivity index (χ3v) is 3.34. The van der Waals surface area contributed by atoms with Crippen LogP contribution in [-0.2, 0) is 11.3 Å². The van der Waals surface area contributed by atoms with Crippen molar-refractivity contribution < 1.29 is 9.47 Å². The molecule has 2 rings (SSSR count). The van der Waals surface area contributed by atoms with Crippen molar-refractivity contribution in [3.05, 3.63) is 29.8 Å². The first-order chi connectivity index (χ1) is 9.81. The van der Waals surface area contributed by atoms with Gasteiger partial charge >= 0.3 is 0 Å². The molecule has 1 aliphatic rings. The van der Waals surface area contributed by atoms with Crippen molar-refractivity contribution in [1.29, 1.82) is 0 Å². The number of guanidine groups is 1. The van der Waals surface area contributed by atoms with E-state index in [0.717, 1.165) is 43.3 Å². The average molecular weight is 277 g/mol. The first kappa shape index (κ1) is 14.7. The van der Waals surface area contributed by atoms with E-state index < -0.39 is 0 Å². The second-order valence-corrected chi connectivity index (χ2v) is 4.79. The second-order valence-electron chi connectivity index (χ2n) is 4.79. The van der Waals surface area contributed by atoms with E-state index in [9.17, 15) is 0 Å². The van der Waals surface area contributed by atoms with E-state index in [-0.39, 0.29) is 0 Å². The van der Waals surface area contributed by atoms with E-state index in [1.165, 1.54) is 0 Å². The Morgan fingerprint density at radius 2 is 2.35 bits per heavy atom. The largest absolute Gasteiger partial charge is 0.497 e. The van der Waals surface area contributed by atoms with Crippen molar-refractivity contribution in [2.75, 3.05) is 27.3 Å². The van der Waals surface area contributed by atoms with Gasteiger partial charge in [0.25, 0.3) is 0 Å². The van der Waals surface area contributed by atoms with Gasteiger partial charge in [-0.15, -0.1) is 0 Å². The number of nitrogens with zero attached hydrogens (tertiary/aromatic N) is 1. The van der Waals surface area contributed by atoms with E-state index in [1.807, 2.05) is 18.2 Å². The highest BCUT2D eigenvalue weighted by molar-refractivity contribution is 5.79. The summed E-state index contributed by atoms with van der Waals surface area (Å²) in [5, 5.41) is 6.58. The molecule has 1 fully saturated rings. The molecular weight excluding hydrogens is 254 g/mol. The van der Waals surface area contributed by atoms with Crippen LogP contribution in [0.3, 0.4) is 0 Å². The first-order valence-corrected chi connectivity index (χ1v) is 7.01. The molecule has 0 spiro atoms. The van der Waals surface area contributed by atoms with Crippen LogP contribution in [0.2, 0.25) is 0 Å². The number of nitrogens with one attached hydrogen (secondary N) is 2. The highest BCUT2D eigenvalue weighted by atomic mass is 16.5. The Labute approximate surface area is 120 Å². The lowest BCUT2D eigenvalue weighted by molar-refractivity contribution is 0.114. The molecule has 110 valence electrons. The average Bonchev–Trinajstić information content (AvgIpc) is 3.01. The van der Waals surface area contributed by atoms with Crippen LogP contribution in [0.4, 0.5) is 0 Å². The lowest BCUT2D eigenvalue weighted by Crippen LogP contribution is -2.40. The van der Waals surface area contributed by atoms with Gasteiger partial charge in [0, 0.05) is 26.7 Å². The van der Waals surface area contributed by atoms with Crippen molar-refractivity contribution in [2.24, 2.45) is 4.99 Å². The van der Waals surface area contributed by atoms with E-state index in [1.54, 1.807) is 14.2 Å². The Morgan fingerprint density at radius 3 is 3.05 bits per heavy atom. The van der Waals surface area contributed by atoms with Gasteiger partial charge in [-0.3, -0.25) is 4.99 Å². The van der Waals surface area contributed by atoms with Crippen LogP contribution < -0.4 is 15.4 Å². The molecule has 20 heavy (non-hydrogen) atoms. The molecule has 1 aromatic rings. The fourth-order valence-corrected chi connectivity index (χ4v) is 2.20. The fraction of sp³-hybridized carbons (Fsp3) is 0.533. The summed E-state index contributed by atoms with van der Waals surface area (Å²) in [4.78, 5) is 4.21. The zero-order valence-electron chi connectivity index (χ0n) is 12.2. The van der Waals surface area contributed by atoms with E-state index in [4.69, 9.17) is 9.47 Å². The smallest absolute Gasteiger partial charge is 0.191 e. The van der Waals surface area contributed by atoms with Crippen LogP contribution in [-0.4, -0.2) is 39.4 Å². The lowest BCUT2D eigenvalue weighted by atomic mass is 10.2. The van der Waals surface area contributed by atoms with Gasteiger partial charge in [-0.2, -0.15) is 0 Å². The molecule has 1 saturated heterocycles. The summed E-state index contributed by atoms with van der Waals surface area (Å²) in [6.07, 6.45) is 2.59. The Balaban J connectivity index is 1.77. The van der Waals surface area contributed by atoms with Crippen LogP contribution in [0.5, 0.6) is 5.75 Å². The monoisotopic (exact) mass is 277 g/mol. The van der Waals surface area contributed by atoms with Gasteiger partial charge in [0.2, 0.25) is 0 Å². The molecule has 1 aromatic carbocycles. The molecule has 0 bridgehead atoms. The van der Waals surface area contributed by atoms with Crippen molar-refractivity contribution in [1.82, 2.24) is 10.6 Å². The molecule has 1 aliphatic heterocycles. The third-order valence-electron chi connectivity index (χ3n) is 3.34. The predicted octanol–water partition coefficient (Wildman–Crippen LogP) is 1.54. The van der Waals surface area contributed by atoms with Gasteiger partial charge in [0.05, 0.1) is 13.2 Å². The predicted molar refractivity (Wildman–Crippen MR) is 80.2 cm³/mol. The molecule has 0 radical (unpaired) electrons. The van der Waals surface area contributed by atoms with Gasteiger partial charge in [-0.1, -0.05) is 12.1 Å². The van der Waals surface area contributed by atoms with Crippen molar-refractivity contribution in [3.8, 4) is 5.75 Å². The van der Waals surface area contributed by atoms with Crippen LogP contribution in [0.1, 0.15) is 18.4 Å². The van der Waals surface area contributed by atoms with Gasteiger partial charge in [-0.25, -0.2) is 0 Å². The second kappa shape index (κ2) is 7.75. The molecule has 5 heteroatoms. The minimum absolute atomic E-state index is 0.311. The van der Waals surface area contributed by atoms with Crippen molar-refractivity contribution in [3.63, 3.8) is 0 Å². The Morgan fingerprint density at radius 1 is 1.45 bits per heavy atom. The van der Waals surface area contributed by atoms with E-state index >= 15 is 0 Å². The maximum Gasteiger partial charge on any atom is 0.191 e. The van der Waals surface area contributed by atoms with Crippen LogP contribution in [0.15, 0.2) is 29.3 Å². The maximum absolute atomic E-state index is 5.58. The summed E-state index contributed by atoms with van der Waals surface area (Å²) in [7, 11) is 3.45. The number of benzene rings is 1. The molecule has 1 heterocycles. The number of rotatable bonds is 5. The first-order valence-electron chi connectivity index (χ1n) is 7.01. The number of hydrogen-bond donors (Lipinski definition) is 2. The Kier molecular flexibility index (Phi) is 5.68. The Hall–Kier alpha value is -1.75. The minimum atomic E-state index is 0.311.